The molecule has 1 aliphatic rings. The van der Waals surface area contributed by atoms with Gasteiger partial charge in [0.15, 0.2) is 0 Å². The van der Waals surface area contributed by atoms with Crippen molar-refractivity contribution in [3.8, 4) is 5.75 Å². The molecule has 26 heavy (non-hydrogen) atoms. The number of carbonyl (C=O) groups excluding carboxylic acids is 2. The van der Waals surface area contributed by atoms with Gasteiger partial charge in [0.05, 0.1) is 12.7 Å². The monoisotopic (exact) mass is 362 g/mol. The molecule has 0 heterocycles. The molecule has 2 rings (SSSR count). The number of hydrogen-bond donors (Lipinski definition) is 3. The van der Waals surface area contributed by atoms with E-state index in [0.29, 0.717) is 18.7 Å². The lowest BCUT2D eigenvalue weighted by molar-refractivity contribution is -0.129. The number of ether oxygens (including phenoxy) is 1. The molecule has 1 unspecified atom stereocenters. The number of amides is 2. The van der Waals surface area contributed by atoms with E-state index in [1.165, 1.54) is 26.2 Å². The number of nitrogens with one attached hydrogen (secondary N) is 2. The molecule has 7 heteroatoms. The van der Waals surface area contributed by atoms with Gasteiger partial charge in [0.2, 0.25) is 11.8 Å². The molecule has 3 N–H and O–H groups in total. The first-order valence-electron chi connectivity index (χ1n) is 8.87. The Hall–Kier alpha value is -2.57. The molecular formula is C19H26N2O5. The Labute approximate surface area is 153 Å². The molecule has 1 aromatic rings. The van der Waals surface area contributed by atoms with Crippen molar-refractivity contribution in [2.45, 2.75) is 45.1 Å². The molecule has 1 saturated carbocycles. The normalized spacial score (nSPS) is 15.3. The molecule has 142 valence electrons. The molecule has 7 nitrogen and oxygen atoms in total. The Bertz CT molecular complexity index is 668. The highest BCUT2D eigenvalue weighted by Gasteiger charge is 2.31. The average molecular weight is 362 g/mol. The zero-order valence-electron chi connectivity index (χ0n) is 15.2. The maximum Gasteiger partial charge on any atom is 0.335 e. The molecule has 0 aliphatic heterocycles. The van der Waals surface area contributed by atoms with E-state index < -0.39 is 12.0 Å². The van der Waals surface area contributed by atoms with Crippen molar-refractivity contribution in [1.82, 2.24) is 10.6 Å². The summed E-state index contributed by atoms with van der Waals surface area (Å²) in [5, 5.41) is 14.7. The Balaban J connectivity index is 1.95. The maximum atomic E-state index is 12.5. The first kappa shape index (κ1) is 19.8. The second-order valence-corrected chi connectivity index (χ2v) is 6.60. The highest BCUT2D eigenvalue weighted by Crippen LogP contribution is 2.28. The predicted molar refractivity (Wildman–Crippen MR) is 96.2 cm³/mol. The molecule has 1 atom stereocenters. The number of hydrogen-bond acceptors (Lipinski definition) is 4. The molecule has 1 aromatic carbocycles. The highest BCUT2D eigenvalue weighted by atomic mass is 16.5. The molecule has 0 saturated heterocycles. The topological polar surface area (TPSA) is 105 Å². The Morgan fingerprint density at radius 1 is 1.27 bits per heavy atom. The number of benzene rings is 1. The molecule has 0 aromatic heterocycles. The van der Waals surface area contributed by atoms with Crippen LogP contribution in [0, 0.1) is 5.92 Å². The molecule has 0 bridgehead atoms. The van der Waals surface area contributed by atoms with E-state index in [2.05, 4.69) is 10.6 Å². The fourth-order valence-corrected chi connectivity index (χ4v) is 3.42. The van der Waals surface area contributed by atoms with Gasteiger partial charge in [-0.05, 0) is 42.9 Å². The third kappa shape index (κ3) is 5.21. The third-order valence-corrected chi connectivity index (χ3v) is 4.74. The van der Waals surface area contributed by atoms with Crippen LogP contribution >= 0.6 is 0 Å². The lowest BCUT2D eigenvalue weighted by Crippen LogP contribution is -2.50. The van der Waals surface area contributed by atoms with Gasteiger partial charge in [-0.3, -0.25) is 9.59 Å². The van der Waals surface area contributed by atoms with Gasteiger partial charge in [-0.25, -0.2) is 4.79 Å². The van der Waals surface area contributed by atoms with Gasteiger partial charge in [0, 0.05) is 13.5 Å². The lowest BCUT2D eigenvalue weighted by atomic mass is 9.97. The minimum Gasteiger partial charge on any atom is -0.496 e. The first-order chi connectivity index (χ1) is 12.4. The van der Waals surface area contributed by atoms with Gasteiger partial charge in [0.1, 0.15) is 11.8 Å². The van der Waals surface area contributed by atoms with E-state index in [-0.39, 0.29) is 23.3 Å². The molecular weight excluding hydrogens is 336 g/mol. The minimum atomic E-state index is -1.02. The van der Waals surface area contributed by atoms with Gasteiger partial charge in [-0.2, -0.15) is 0 Å². The van der Waals surface area contributed by atoms with Gasteiger partial charge >= 0.3 is 5.97 Å². The van der Waals surface area contributed by atoms with Crippen LogP contribution in [0.3, 0.4) is 0 Å². The molecule has 1 aliphatic carbocycles. The zero-order valence-corrected chi connectivity index (χ0v) is 15.2. The first-order valence-corrected chi connectivity index (χ1v) is 8.87. The Morgan fingerprint density at radius 3 is 2.54 bits per heavy atom. The van der Waals surface area contributed by atoms with Crippen LogP contribution in [0.5, 0.6) is 5.75 Å². The predicted octanol–water partition coefficient (Wildman–Crippen LogP) is 1.75. The summed E-state index contributed by atoms with van der Waals surface area (Å²) in [5.74, 6) is -0.731. The summed E-state index contributed by atoms with van der Waals surface area (Å²) in [4.78, 5) is 35.0. The van der Waals surface area contributed by atoms with Crippen LogP contribution in [0.15, 0.2) is 18.2 Å². The zero-order chi connectivity index (χ0) is 19.1. The molecule has 1 fully saturated rings. The summed E-state index contributed by atoms with van der Waals surface area (Å²) in [6, 6.07) is 4.18. The third-order valence-electron chi connectivity index (χ3n) is 4.74. The smallest absolute Gasteiger partial charge is 0.335 e. The number of aromatic carboxylic acids is 1. The van der Waals surface area contributed by atoms with Crippen LogP contribution in [-0.2, 0) is 16.0 Å². The standard InChI is InChI=1S/C19H26N2O5/c1-12(22)21-17(14-5-3-4-6-14)18(23)20-10-9-13-7-8-15(19(24)25)11-16(13)26-2/h7-8,11,14,17H,3-6,9-10H2,1-2H3,(H,20,23)(H,21,22)(H,24,25). The summed E-state index contributed by atoms with van der Waals surface area (Å²) in [6.07, 6.45) is 4.57. The second-order valence-electron chi connectivity index (χ2n) is 6.60. The number of carboxylic acid groups (broad SMARTS) is 1. The summed E-state index contributed by atoms with van der Waals surface area (Å²) < 4.78 is 5.24. The highest BCUT2D eigenvalue weighted by molar-refractivity contribution is 5.88. The lowest BCUT2D eigenvalue weighted by Gasteiger charge is -2.23. The van der Waals surface area contributed by atoms with Gasteiger partial charge in [-0.15, -0.1) is 0 Å². The molecule has 0 spiro atoms. The van der Waals surface area contributed by atoms with Crippen LogP contribution in [-0.4, -0.2) is 42.6 Å². The number of rotatable bonds is 8. The van der Waals surface area contributed by atoms with Crippen LogP contribution in [0.25, 0.3) is 0 Å². The number of carbonyl (C=O) groups is 3. The van der Waals surface area contributed by atoms with Gasteiger partial charge < -0.3 is 20.5 Å². The summed E-state index contributed by atoms with van der Waals surface area (Å²) in [7, 11) is 1.48. The van der Waals surface area contributed by atoms with E-state index in [1.807, 2.05) is 0 Å². The van der Waals surface area contributed by atoms with Crippen LogP contribution < -0.4 is 15.4 Å². The van der Waals surface area contributed by atoms with Crippen molar-refractivity contribution in [1.29, 1.82) is 0 Å². The van der Waals surface area contributed by atoms with E-state index >= 15 is 0 Å². The van der Waals surface area contributed by atoms with Crippen LogP contribution in [0.1, 0.15) is 48.5 Å². The van der Waals surface area contributed by atoms with Crippen molar-refractivity contribution < 1.29 is 24.2 Å². The van der Waals surface area contributed by atoms with E-state index in [0.717, 1.165) is 31.2 Å². The summed E-state index contributed by atoms with van der Waals surface area (Å²) in [6.45, 7) is 1.80. The SMILES string of the molecule is COc1cc(C(=O)O)ccc1CCNC(=O)C(NC(C)=O)C1CCCC1. The van der Waals surface area contributed by atoms with E-state index in [1.54, 1.807) is 6.07 Å². The van der Waals surface area contributed by atoms with Crippen molar-refractivity contribution in [2.24, 2.45) is 5.92 Å². The molecule has 2 amide bonds. The minimum absolute atomic E-state index is 0.154. The summed E-state index contributed by atoms with van der Waals surface area (Å²) >= 11 is 0. The maximum absolute atomic E-state index is 12.5. The van der Waals surface area contributed by atoms with Crippen LogP contribution in [0.4, 0.5) is 0 Å². The van der Waals surface area contributed by atoms with Crippen molar-refractivity contribution in [2.75, 3.05) is 13.7 Å². The van der Waals surface area contributed by atoms with Crippen molar-refractivity contribution in [3.05, 3.63) is 29.3 Å². The Kier molecular flexibility index (Phi) is 7.00. The quantitative estimate of drug-likeness (QED) is 0.653. The van der Waals surface area contributed by atoms with Gasteiger partial charge in [-0.1, -0.05) is 18.9 Å². The number of carboxylic acids is 1. The van der Waals surface area contributed by atoms with Crippen molar-refractivity contribution >= 4 is 17.8 Å². The fourth-order valence-electron chi connectivity index (χ4n) is 3.42. The molecule has 0 radical (unpaired) electrons. The van der Waals surface area contributed by atoms with Gasteiger partial charge in [0.25, 0.3) is 0 Å². The van der Waals surface area contributed by atoms with E-state index in [4.69, 9.17) is 9.84 Å². The second kappa shape index (κ2) is 9.22. The average Bonchev–Trinajstić information content (AvgIpc) is 3.13. The fraction of sp³-hybridized carbons (Fsp3) is 0.526. The largest absolute Gasteiger partial charge is 0.496 e. The van der Waals surface area contributed by atoms with Crippen molar-refractivity contribution in [3.63, 3.8) is 0 Å². The number of methoxy groups -OCH3 is 1. The summed E-state index contributed by atoms with van der Waals surface area (Å²) in [5.41, 5.74) is 0.969. The van der Waals surface area contributed by atoms with Crippen LogP contribution in [0.2, 0.25) is 0 Å². The Morgan fingerprint density at radius 2 is 1.96 bits per heavy atom. The van der Waals surface area contributed by atoms with E-state index in [9.17, 15) is 14.4 Å².